The van der Waals surface area contributed by atoms with E-state index in [0.717, 1.165) is 45.3 Å². The number of hydrogen-bond acceptors (Lipinski definition) is 4. The molecule has 3 aliphatic rings. The summed E-state index contributed by atoms with van der Waals surface area (Å²) in [5, 5.41) is 12.9. The molecule has 0 aromatic heterocycles. The van der Waals surface area contributed by atoms with Gasteiger partial charge in [-0.15, -0.1) is 0 Å². The van der Waals surface area contributed by atoms with Crippen molar-refractivity contribution in [2.75, 3.05) is 19.8 Å². The van der Waals surface area contributed by atoms with E-state index >= 15 is 0 Å². The Morgan fingerprint density at radius 3 is 2.72 bits per heavy atom. The molecule has 3 fully saturated rings. The standard InChI is InChI=1S/C14H25NO3/c1-13-5-6-14(17-8-9-18-14)10-11(13)2-3-12(15-13)4-7-16/h11-12,15-16H,2-10H2,1H3/t11-,12+,13+/m1/s1. The Morgan fingerprint density at radius 2 is 2.00 bits per heavy atom. The van der Waals surface area contributed by atoms with E-state index in [4.69, 9.17) is 14.6 Å². The molecule has 4 nitrogen and oxygen atoms in total. The molecule has 2 saturated heterocycles. The van der Waals surface area contributed by atoms with Crippen molar-refractivity contribution in [1.82, 2.24) is 5.32 Å². The van der Waals surface area contributed by atoms with E-state index in [1.165, 1.54) is 6.42 Å². The quantitative estimate of drug-likeness (QED) is 0.783. The van der Waals surface area contributed by atoms with Crippen LogP contribution < -0.4 is 5.32 Å². The smallest absolute Gasteiger partial charge is 0.168 e. The summed E-state index contributed by atoms with van der Waals surface area (Å²) >= 11 is 0. The van der Waals surface area contributed by atoms with E-state index in [0.29, 0.717) is 12.0 Å². The van der Waals surface area contributed by atoms with Crippen LogP contribution in [0.1, 0.15) is 45.4 Å². The molecular weight excluding hydrogens is 230 g/mol. The highest BCUT2D eigenvalue weighted by molar-refractivity contribution is 5.03. The zero-order valence-electron chi connectivity index (χ0n) is 11.3. The van der Waals surface area contributed by atoms with Crippen molar-refractivity contribution < 1.29 is 14.6 Å². The predicted octanol–water partition coefficient (Wildman–Crippen LogP) is 1.42. The molecule has 18 heavy (non-hydrogen) atoms. The Morgan fingerprint density at radius 1 is 1.22 bits per heavy atom. The van der Waals surface area contributed by atoms with Crippen LogP contribution in [0.5, 0.6) is 0 Å². The Hall–Kier alpha value is -0.160. The summed E-state index contributed by atoms with van der Waals surface area (Å²) in [6.45, 7) is 4.13. The molecule has 2 heterocycles. The topological polar surface area (TPSA) is 50.7 Å². The van der Waals surface area contributed by atoms with Gasteiger partial charge in [0.25, 0.3) is 0 Å². The highest BCUT2D eigenvalue weighted by Crippen LogP contribution is 2.47. The monoisotopic (exact) mass is 255 g/mol. The normalized spacial score (nSPS) is 43.0. The van der Waals surface area contributed by atoms with Gasteiger partial charge >= 0.3 is 0 Å². The highest BCUT2D eigenvalue weighted by atomic mass is 16.7. The molecule has 104 valence electrons. The second-order valence-corrected chi connectivity index (χ2v) is 6.36. The molecule has 0 unspecified atom stereocenters. The lowest BCUT2D eigenvalue weighted by molar-refractivity contribution is -0.203. The number of aliphatic hydroxyl groups excluding tert-OH is 1. The van der Waals surface area contributed by atoms with Gasteiger partial charge in [0, 0.05) is 31.0 Å². The number of fused-ring (bicyclic) bond motifs is 1. The lowest BCUT2D eigenvalue weighted by Gasteiger charge is -2.52. The average molecular weight is 255 g/mol. The fourth-order valence-electron chi connectivity index (χ4n) is 4.04. The Labute approximate surface area is 109 Å². The molecule has 1 aliphatic carbocycles. The first kappa shape index (κ1) is 12.9. The van der Waals surface area contributed by atoms with Gasteiger partial charge in [-0.1, -0.05) is 0 Å². The van der Waals surface area contributed by atoms with Crippen molar-refractivity contribution in [3.05, 3.63) is 0 Å². The van der Waals surface area contributed by atoms with Crippen LogP contribution in [0.4, 0.5) is 0 Å². The molecule has 3 rings (SSSR count). The molecule has 3 atom stereocenters. The highest BCUT2D eigenvalue weighted by Gasteiger charge is 2.51. The second-order valence-electron chi connectivity index (χ2n) is 6.36. The molecule has 0 aromatic carbocycles. The van der Waals surface area contributed by atoms with E-state index in [9.17, 15) is 0 Å². The van der Waals surface area contributed by atoms with Crippen molar-refractivity contribution in [3.63, 3.8) is 0 Å². The maximum atomic E-state index is 9.09. The Balaban J connectivity index is 1.67. The Kier molecular flexibility index (Phi) is 3.39. The van der Waals surface area contributed by atoms with Gasteiger partial charge in [0.05, 0.1) is 13.2 Å². The summed E-state index contributed by atoms with van der Waals surface area (Å²) in [6, 6.07) is 0.482. The number of ether oxygens (including phenoxy) is 2. The molecule has 4 heteroatoms. The van der Waals surface area contributed by atoms with Gasteiger partial charge in [0.15, 0.2) is 5.79 Å². The first-order valence-electron chi connectivity index (χ1n) is 7.32. The van der Waals surface area contributed by atoms with Gasteiger partial charge in [-0.05, 0) is 38.5 Å². The van der Waals surface area contributed by atoms with Crippen LogP contribution in [-0.2, 0) is 9.47 Å². The lowest BCUT2D eigenvalue weighted by atomic mass is 9.66. The van der Waals surface area contributed by atoms with E-state index in [2.05, 4.69) is 12.2 Å². The summed E-state index contributed by atoms with van der Waals surface area (Å²) < 4.78 is 11.7. The SMILES string of the molecule is C[C@]12CCC3(C[C@H]1CC[C@@H](CCO)N2)OCCO3. The lowest BCUT2D eigenvalue weighted by Crippen LogP contribution is -2.61. The van der Waals surface area contributed by atoms with E-state index in [1.807, 2.05) is 0 Å². The molecular formula is C14H25NO3. The minimum absolute atomic E-state index is 0.207. The minimum atomic E-state index is -0.268. The van der Waals surface area contributed by atoms with Crippen LogP contribution in [0.2, 0.25) is 0 Å². The maximum absolute atomic E-state index is 9.09. The summed E-state index contributed by atoms with van der Waals surface area (Å²) in [5.74, 6) is 0.370. The van der Waals surface area contributed by atoms with Gasteiger partial charge in [0.2, 0.25) is 0 Å². The summed E-state index contributed by atoms with van der Waals surface area (Å²) in [5.41, 5.74) is 0.207. The van der Waals surface area contributed by atoms with Gasteiger partial charge < -0.3 is 19.9 Å². The van der Waals surface area contributed by atoms with Crippen LogP contribution in [0.15, 0.2) is 0 Å². The number of piperidine rings is 1. The molecule has 1 saturated carbocycles. The largest absolute Gasteiger partial charge is 0.396 e. The third-order valence-electron chi connectivity index (χ3n) is 5.17. The summed E-state index contributed by atoms with van der Waals surface area (Å²) in [7, 11) is 0. The zero-order chi connectivity index (χ0) is 12.6. The van der Waals surface area contributed by atoms with Crippen molar-refractivity contribution >= 4 is 0 Å². The van der Waals surface area contributed by atoms with Crippen molar-refractivity contribution in [3.8, 4) is 0 Å². The third-order valence-corrected chi connectivity index (χ3v) is 5.17. The minimum Gasteiger partial charge on any atom is -0.396 e. The molecule has 0 amide bonds. The molecule has 0 bridgehead atoms. The zero-order valence-corrected chi connectivity index (χ0v) is 11.3. The van der Waals surface area contributed by atoms with Gasteiger partial charge in [0.1, 0.15) is 0 Å². The molecule has 2 N–H and O–H groups in total. The molecule has 2 aliphatic heterocycles. The van der Waals surface area contributed by atoms with Crippen LogP contribution in [0.25, 0.3) is 0 Å². The second kappa shape index (κ2) is 4.75. The van der Waals surface area contributed by atoms with Crippen molar-refractivity contribution in [2.45, 2.75) is 62.8 Å². The van der Waals surface area contributed by atoms with Crippen LogP contribution in [0.3, 0.4) is 0 Å². The van der Waals surface area contributed by atoms with E-state index < -0.39 is 0 Å². The summed E-state index contributed by atoms with van der Waals surface area (Å²) in [4.78, 5) is 0. The van der Waals surface area contributed by atoms with E-state index in [1.54, 1.807) is 0 Å². The van der Waals surface area contributed by atoms with Crippen molar-refractivity contribution in [2.24, 2.45) is 5.92 Å². The van der Waals surface area contributed by atoms with Crippen molar-refractivity contribution in [1.29, 1.82) is 0 Å². The average Bonchev–Trinajstić information content (AvgIpc) is 2.80. The third kappa shape index (κ3) is 2.20. The Bertz CT molecular complexity index is 303. The number of rotatable bonds is 2. The maximum Gasteiger partial charge on any atom is 0.168 e. The van der Waals surface area contributed by atoms with Gasteiger partial charge in [-0.2, -0.15) is 0 Å². The predicted molar refractivity (Wildman–Crippen MR) is 68.2 cm³/mol. The van der Waals surface area contributed by atoms with Gasteiger partial charge in [-0.25, -0.2) is 0 Å². The van der Waals surface area contributed by atoms with Gasteiger partial charge in [-0.3, -0.25) is 0 Å². The van der Waals surface area contributed by atoms with Crippen LogP contribution >= 0.6 is 0 Å². The van der Waals surface area contributed by atoms with E-state index in [-0.39, 0.29) is 17.9 Å². The van der Waals surface area contributed by atoms with Crippen LogP contribution in [-0.4, -0.2) is 42.3 Å². The number of aliphatic hydroxyl groups is 1. The fourth-order valence-corrected chi connectivity index (χ4v) is 4.04. The first-order valence-corrected chi connectivity index (χ1v) is 7.32. The molecule has 0 aromatic rings. The molecule has 1 spiro atoms. The van der Waals surface area contributed by atoms with Crippen LogP contribution in [0, 0.1) is 5.92 Å². The number of hydrogen-bond donors (Lipinski definition) is 2. The first-order chi connectivity index (χ1) is 8.66. The number of nitrogens with one attached hydrogen (secondary N) is 1. The molecule has 0 radical (unpaired) electrons. The fraction of sp³-hybridized carbons (Fsp3) is 1.00. The summed E-state index contributed by atoms with van der Waals surface area (Å²) in [6.07, 6.45) is 6.40.